The molecule has 0 aromatic heterocycles. The van der Waals surface area contributed by atoms with Gasteiger partial charge in [0.15, 0.2) is 0 Å². The summed E-state index contributed by atoms with van der Waals surface area (Å²) in [4.78, 5) is 22.9. The zero-order valence-electron chi connectivity index (χ0n) is 13.0. The number of thioether (sulfide) groups is 1. The van der Waals surface area contributed by atoms with Gasteiger partial charge in [-0.3, -0.25) is 9.59 Å². The summed E-state index contributed by atoms with van der Waals surface area (Å²) in [6.07, 6.45) is 2.45. The first kappa shape index (κ1) is 17.8. The summed E-state index contributed by atoms with van der Waals surface area (Å²) in [6.45, 7) is 0.552. The maximum Gasteiger partial charge on any atom is 0.306 e. The van der Waals surface area contributed by atoms with E-state index in [9.17, 15) is 14.0 Å². The second kappa shape index (κ2) is 8.91. The van der Waals surface area contributed by atoms with E-state index < -0.39 is 5.97 Å². The van der Waals surface area contributed by atoms with Crippen LogP contribution in [0.25, 0.3) is 0 Å². The summed E-state index contributed by atoms with van der Waals surface area (Å²) < 4.78 is 13.4. The van der Waals surface area contributed by atoms with Gasteiger partial charge in [-0.2, -0.15) is 11.8 Å². The number of benzene rings is 1. The fourth-order valence-corrected chi connectivity index (χ4v) is 3.64. The molecule has 2 N–H and O–H groups in total. The molecular formula is C17H22FNO3S. The topological polar surface area (TPSA) is 66.4 Å². The van der Waals surface area contributed by atoms with Gasteiger partial charge in [-0.05, 0) is 37.3 Å². The van der Waals surface area contributed by atoms with Gasteiger partial charge in [0.05, 0.1) is 5.92 Å². The molecule has 0 bridgehead atoms. The summed E-state index contributed by atoms with van der Waals surface area (Å²) in [5.74, 6) is 0.0158. The van der Waals surface area contributed by atoms with E-state index in [2.05, 4.69) is 5.32 Å². The molecule has 6 heteroatoms. The number of hydrogen-bond acceptors (Lipinski definition) is 3. The van der Waals surface area contributed by atoms with E-state index in [0.717, 1.165) is 5.75 Å². The van der Waals surface area contributed by atoms with Gasteiger partial charge in [0.2, 0.25) is 5.91 Å². The molecule has 23 heavy (non-hydrogen) atoms. The molecule has 0 saturated heterocycles. The zero-order chi connectivity index (χ0) is 16.7. The van der Waals surface area contributed by atoms with E-state index >= 15 is 0 Å². The quantitative estimate of drug-likeness (QED) is 0.749. The Kier molecular flexibility index (Phi) is 6.89. The van der Waals surface area contributed by atoms with Crippen LogP contribution in [0, 0.1) is 17.7 Å². The van der Waals surface area contributed by atoms with Crippen LogP contribution in [0.4, 0.5) is 4.39 Å². The average Bonchev–Trinajstić information content (AvgIpc) is 2.56. The molecule has 0 aliphatic heterocycles. The smallest absolute Gasteiger partial charge is 0.306 e. The molecule has 1 aromatic rings. The van der Waals surface area contributed by atoms with Crippen molar-refractivity contribution in [3.05, 3.63) is 35.6 Å². The molecule has 1 aliphatic carbocycles. The second-order valence-electron chi connectivity index (χ2n) is 5.82. The van der Waals surface area contributed by atoms with Crippen molar-refractivity contribution in [2.75, 3.05) is 12.3 Å². The maximum absolute atomic E-state index is 13.4. The lowest BCUT2D eigenvalue weighted by Crippen LogP contribution is -2.35. The van der Waals surface area contributed by atoms with Crippen molar-refractivity contribution in [3.63, 3.8) is 0 Å². The van der Waals surface area contributed by atoms with E-state index in [1.165, 1.54) is 6.07 Å². The Balaban J connectivity index is 1.60. The van der Waals surface area contributed by atoms with Gasteiger partial charge in [-0.1, -0.05) is 18.2 Å². The van der Waals surface area contributed by atoms with Crippen molar-refractivity contribution in [2.24, 2.45) is 11.8 Å². The number of halogens is 1. The van der Waals surface area contributed by atoms with Crippen molar-refractivity contribution in [3.8, 4) is 0 Å². The lowest BCUT2D eigenvalue weighted by Gasteiger charge is -2.25. The van der Waals surface area contributed by atoms with Crippen molar-refractivity contribution >= 4 is 23.6 Å². The molecule has 1 amide bonds. The number of carbonyl (C=O) groups excluding carboxylic acids is 1. The van der Waals surface area contributed by atoms with Crippen LogP contribution in [0.5, 0.6) is 0 Å². The highest BCUT2D eigenvalue weighted by Crippen LogP contribution is 2.29. The fraction of sp³-hybridized carbons (Fsp3) is 0.529. The molecule has 1 aromatic carbocycles. The Hall–Kier alpha value is -1.56. The van der Waals surface area contributed by atoms with Gasteiger partial charge in [-0.15, -0.1) is 0 Å². The van der Waals surface area contributed by atoms with Crippen LogP contribution < -0.4 is 5.32 Å². The lowest BCUT2D eigenvalue weighted by molar-refractivity contribution is -0.144. The Morgan fingerprint density at radius 3 is 2.48 bits per heavy atom. The van der Waals surface area contributed by atoms with Crippen LogP contribution in [-0.4, -0.2) is 29.3 Å². The van der Waals surface area contributed by atoms with E-state index in [4.69, 9.17) is 5.11 Å². The van der Waals surface area contributed by atoms with Crippen molar-refractivity contribution in [2.45, 2.75) is 31.4 Å². The summed E-state index contributed by atoms with van der Waals surface area (Å²) in [6, 6.07) is 6.70. The summed E-state index contributed by atoms with van der Waals surface area (Å²) in [5, 5.41) is 11.8. The molecule has 1 fully saturated rings. The Morgan fingerprint density at radius 2 is 1.83 bits per heavy atom. The minimum absolute atomic E-state index is 0.0142. The van der Waals surface area contributed by atoms with Gasteiger partial charge in [-0.25, -0.2) is 4.39 Å². The van der Waals surface area contributed by atoms with Crippen LogP contribution >= 0.6 is 11.8 Å². The van der Waals surface area contributed by atoms with Crippen molar-refractivity contribution < 1.29 is 19.1 Å². The van der Waals surface area contributed by atoms with E-state index in [1.807, 2.05) is 6.07 Å². The van der Waals surface area contributed by atoms with Crippen LogP contribution in [0.3, 0.4) is 0 Å². The summed E-state index contributed by atoms with van der Waals surface area (Å²) >= 11 is 1.58. The predicted octanol–water partition coefficient (Wildman–Crippen LogP) is 3.07. The fourth-order valence-electron chi connectivity index (χ4n) is 2.79. The number of nitrogens with one attached hydrogen (secondary N) is 1. The van der Waals surface area contributed by atoms with Gasteiger partial charge in [0.1, 0.15) is 5.82 Å². The molecule has 4 nitrogen and oxygen atoms in total. The van der Waals surface area contributed by atoms with Gasteiger partial charge >= 0.3 is 5.97 Å². The maximum atomic E-state index is 13.4. The number of carbonyl (C=O) groups is 2. The molecule has 0 spiro atoms. The molecule has 0 radical (unpaired) electrons. The first-order chi connectivity index (χ1) is 11.1. The largest absolute Gasteiger partial charge is 0.481 e. The highest BCUT2D eigenvalue weighted by atomic mass is 32.2. The normalized spacial score (nSPS) is 20.9. The Morgan fingerprint density at radius 1 is 1.17 bits per heavy atom. The first-order valence-electron chi connectivity index (χ1n) is 7.89. The third-order valence-electron chi connectivity index (χ3n) is 4.21. The number of hydrogen-bond donors (Lipinski definition) is 2. The monoisotopic (exact) mass is 339 g/mol. The highest BCUT2D eigenvalue weighted by Gasteiger charge is 2.29. The Labute approximate surface area is 139 Å². The molecule has 2 rings (SSSR count). The summed E-state index contributed by atoms with van der Waals surface area (Å²) in [7, 11) is 0. The zero-order valence-corrected chi connectivity index (χ0v) is 13.8. The standard InChI is InChI=1S/C17H22FNO3S/c18-15-4-2-1-3-14(15)11-23-10-9-19-16(20)12-5-7-13(8-6-12)17(21)22/h1-4,12-13H,5-11H2,(H,19,20)(H,21,22). The minimum Gasteiger partial charge on any atom is -0.481 e. The Bertz CT molecular complexity index is 544. The molecule has 126 valence electrons. The predicted molar refractivity (Wildman–Crippen MR) is 88.7 cm³/mol. The number of aliphatic carboxylic acids is 1. The third-order valence-corrected chi connectivity index (χ3v) is 5.22. The van der Waals surface area contributed by atoms with Crippen molar-refractivity contribution in [1.29, 1.82) is 0 Å². The molecule has 0 atom stereocenters. The number of amides is 1. The van der Waals surface area contributed by atoms with Crippen LogP contribution in [0.2, 0.25) is 0 Å². The van der Waals surface area contributed by atoms with Crippen LogP contribution in [-0.2, 0) is 15.3 Å². The number of carboxylic acids is 1. The highest BCUT2D eigenvalue weighted by molar-refractivity contribution is 7.98. The molecule has 1 saturated carbocycles. The van der Waals surface area contributed by atoms with E-state index in [0.29, 0.717) is 43.5 Å². The minimum atomic E-state index is -0.756. The first-order valence-corrected chi connectivity index (χ1v) is 9.05. The van der Waals surface area contributed by atoms with Gasteiger partial charge in [0, 0.05) is 24.0 Å². The molecule has 0 unspecified atom stereocenters. The lowest BCUT2D eigenvalue weighted by atomic mass is 9.81. The third kappa shape index (κ3) is 5.53. The van der Waals surface area contributed by atoms with Crippen LogP contribution in [0.1, 0.15) is 31.2 Å². The summed E-state index contributed by atoms with van der Waals surface area (Å²) in [5.41, 5.74) is 0.677. The van der Waals surface area contributed by atoms with Gasteiger partial charge < -0.3 is 10.4 Å². The van der Waals surface area contributed by atoms with Crippen molar-refractivity contribution in [1.82, 2.24) is 5.32 Å². The second-order valence-corrected chi connectivity index (χ2v) is 6.93. The number of rotatable bonds is 7. The molecular weight excluding hydrogens is 317 g/mol. The average molecular weight is 339 g/mol. The van der Waals surface area contributed by atoms with Crippen LogP contribution in [0.15, 0.2) is 24.3 Å². The SMILES string of the molecule is O=C(O)C1CCC(C(=O)NCCSCc2ccccc2F)CC1. The molecule has 1 aliphatic rings. The van der Waals surface area contributed by atoms with Gasteiger partial charge in [0.25, 0.3) is 0 Å². The number of carboxylic acid groups (broad SMARTS) is 1. The molecule has 0 heterocycles. The van der Waals surface area contributed by atoms with E-state index in [1.54, 1.807) is 23.9 Å². The van der Waals surface area contributed by atoms with E-state index in [-0.39, 0.29) is 23.6 Å².